The van der Waals surface area contributed by atoms with Crippen molar-refractivity contribution in [1.82, 2.24) is 15.0 Å². The van der Waals surface area contributed by atoms with E-state index in [2.05, 4.69) is 29.0 Å². The number of hydrogen-bond donors (Lipinski definition) is 0. The van der Waals surface area contributed by atoms with Crippen LogP contribution in [0.3, 0.4) is 0 Å². The summed E-state index contributed by atoms with van der Waals surface area (Å²) in [5.74, 6) is 0.331. The molecule has 1 aromatic carbocycles. The van der Waals surface area contributed by atoms with Crippen molar-refractivity contribution in [3.05, 3.63) is 64.2 Å². The average Bonchev–Trinajstić information content (AvgIpc) is 3.28. The van der Waals surface area contributed by atoms with Gasteiger partial charge in [-0.2, -0.15) is 4.98 Å². The average molecular weight is 380 g/mol. The molecule has 0 saturated carbocycles. The lowest BCUT2D eigenvalue weighted by molar-refractivity contribution is 0.0788. The van der Waals surface area contributed by atoms with E-state index in [-0.39, 0.29) is 17.1 Å². The van der Waals surface area contributed by atoms with Crippen molar-refractivity contribution in [2.24, 2.45) is 10.4 Å². The Balaban J connectivity index is 1.82. The summed E-state index contributed by atoms with van der Waals surface area (Å²) in [6.45, 7) is 8.60. The van der Waals surface area contributed by atoms with Crippen molar-refractivity contribution in [3.8, 4) is 0 Å². The summed E-state index contributed by atoms with van der Waals surface area (Å²) in [7, 11) is 0. The fraction of sp³-hybridized carbons (Fsp3) is 0.333. The number of benzene rings is 1. The third kappa shape index (κ3) is 3.06. The number of rotatable bonds is 2. The Morgan fingerprint density at radius 3 is 2.75 bits per heavy atom. The zero-order valence-electron chi connectivity index (χ0n) is 16.3. The second kappa shape index (κ2) is 6.51. The van der Waals surface area contributed by atoms with E-state index < -0.39 is 0 Å². The molecule has 2 aliphatic heterocycles. The summed E-state index contributed by atoms with van der Waals surface area (Å²) < 4.78 is 19.0. The van der Waals surface area contributed by atoms with E-state index in [1.165, 1.54) is 12.1 Å². The van der Waals surface area contributed by atoms with Gasteiger partial charge in [0.1, 0.15) is 5.82 Å². The predicted molar refractivity (Wildman–Crippen MR) is 103 cm³/mol. The van der Waals surface area contributed by atoms with Gasteiger partial charge in [0.2, 0.25) is 0 Å². The standard InChI is InChI=1S/C21H21FN4O2/c1-12-7-14(5-6-18(12)22)20(27)26-10-16(19-24-13(2)25-28-19)15-8-23-9-17(15)21(3,4)11-26/h5-8,10H,9,11H2,1-4H3. The van der Waals surface area contributed by atoms with E-state index in [1.54, 1.807) is 37.2 Å². The molecular weight excluding hydrogens is 359 g/mol. The normalized spacial score (nSPS) is 18.2. The largest absolute Gasteiger partial charge is 0.334 e. The third-order valence-corrected chi connectivity index (χ3v) is 5.18. The molecule has 2 aromatic rings. The maximum Gasteiger partial charge on any atom is 0.260 e. The minimum Gasteiger partial charge on any atom is -0.334 e. The number of nitrogens with zero attached hydrogens (tertiary/aromatic N) is 4. The van der Waals surface area contributed by atoms with Crippen LogP contribution in [0.15, 0.2) is 45.1 Å². The monoisotopic (exact) mass is 380 g/mol. The quantitative estimate of drug-likeness (QED) is 0.796. The molecule has 0 radical (unpaired) electrons. The molecule has 0 saturated heterocycles. The smallest absolute Gasteiger partial charge is 0.260 e. The van der Waals surface area contributed by atoms with Crippen LogP contribution in [0.25, 0.3) is 5.57 Å². The Morgan fingerprint density at radius 2 is 2.07 bits per heavy atom. The van der Waals surface area contributed by atoms with Crippen LogP contribution < -0.4 is 0 Å². The van der Waals surface area contributed by atoms with Gasteiger partial charge in [-0.1, -0.05) is 19.0 Å². The molecule has 1 aromatic heterocycles. The van der Waals surface area contributed by atoms with E-state index in [4.69, 9.17) is 4.52 Å². The molecule has 1 amide bonds. The number of amides is 1. The molecule has 0 bridgehead atoms. The van der Waals surface area contributed by atoms with Crippen molar-refractivity contribution < 1.29 is 13.7 Å². The highest BCUT2D eigenvalue weighted by atomic mass is 19.1. The van der Waals surface area contributed by atoms with Gasteiger partial charge in [0.05, 0.1) is 12.1 Å². The lowest BCUT2D eigenvalue weighted by Crippen LogP contribution is -2.36. The molecular formula is C21H21FN4O2. The molecule has 144 valence electrons. The summed E-state index contributed by atoms with van der Waals surface area (Å²) >= 11 is 0. The number of aliphatic imine (C=N–C) groups is 1. The molecule has 0 atom stereocenters. The second-order valence-electron chi connectivity index (χ2n) is 7.83. The van der Waals surface area contributed by atoms with Crippen LogP contribution in [0.1, 0.15) is 41.5 Å². The number of carbonyl (C=O) groups is 1. The number of aromatic nitrogens is 2. The van der Waals surface area contributed by atoms with Crippen LogP contribution in [-0.2, 0) is 0 Å². The summed E-state index contributed by atoms with van der Waals surface area (Å²) in [6, 6.07) is 4.40. The zero-order chi connectivity index (χ0) is 20.1. The summed E-state index contributed by atoms with van der Waals surface area (Å²) in [5, 5.41) is 3.88. The van der Waals surface area contributed by atoms with Crippen molar-refractivity contribution in [2.75, 3.05) is 13.1 Å². The lowest BCUT2D eigenvalue weighted by Gasteiger charge is -2.30. The van der Waals surface area contributed by atoms with Crippen LogP contribution in [0.4, 0.5) is 4.39 Å². The van der Waals surface area contributed by atoms with Gasteiger partial charge in [0.25, 0.3) is 11.8 Å². The molecule has 28 heavy (non-hydrogen) atoms. The topological polar surface area (TPSA) is 71.6 Å². The minimum atomic E-state index is -0.331. The number of allylic oxidation sites excluding steroid dienone is 2. The maximum atomic E-state index is 13.6. The van der Waals surface area contributed by atoms with Crippen LogP contribution in [0.5, 0.6) is 0 Å². The molecule has 0 spiro atoms. The van der Waals surface area contributed by atoms with Crippen molar-refractivity contribution >= 4 is 17.7 Å². The summed E-state index contributed by atoms with van der Waals surface area (Å²) in [6.07, 6.45) is 3.55. The number of carbonyl (C=O) groups excluding carboxylic acids is 1. The third-order valence-electron chi connectivity index (χ3n) is 5.18. The first-order valence-corrected chi connectivity index (χ1v) is 9.10. The molecule has 2 aliphatic rings. The molecule has 7 heteroatoms. The fourth-order valence-corrected chi connectivity index (χ4v) is 3.65. The first kappa shape index (κ1) is 18.3. The van der Waals surface area contributed by atoms with E-state index >= 15 is 0 Å². The molecule has 0 N–H and O–H groups in total. The molecule has 4 rings (SSSR count). The molecule has 6 nitrogen and oxygen atoms in total. The molecule has 3 heterocycles. The van der Waals surface area contributed by atoms with Gasteiger partial charge in [0, 0.05) is 35.5 Å². The van der Waals surface area contributed by atoms with E-state index in [1.807, 2.05) is 0 Å². The van der Waals surface area contributed by atoms with Gasteiger partial charge in [-0.25, -0.2) is 4.39 Å². The number of aryl methyl sites for hydroxylation is 2. The minimum absolute atomic E-state index is 0.206. The Labute approximate surface area is 162 Å². The Hall–Kier alpha value is -3.09. The molecule has 0 unspecified atom stereocenters. The van der Waals surface area contributed by atoms with Crippen LogP contribution >= 0.6 is 0 Å². The SMILES string of the molecule is Cc1noc(C2=CN(C(=O)c3ccc(F)c(C)c3)CC(C)(C)C3=C2C=NC3)n1. The second-order valence-corrected chi connectivity index (χ2v) is 7.83. The lowest BCUT2D eigenvalue weighted by atomic mass is 9.81. The van der Waals surface area contributed by atoms with Crippen molar-refractivity contribution in [2.45, 2.75) is 27.7 Å². The van der Waals surface area contributed by atoms with E-state index in [9.17, 15) is 9.18 Å². The maximum absolute atomic E-state index is 13.6. The van der Waals surface area contributed by atoms with Gasteiger partial charge >= 0.3 is 0 Å². The fourth-order valence-electron chi connectivity index (χ4n) is 3.65. The van der Waals surface area contributed by atoms with Crippen LogP contribution in [0.2, 0.25) is 0 Å². The van der Waals surface area contributed by atoms with Gasteiger partial charge < -0.3 is 9.42 Å². The highest BCUT2D eigenvalue weighted by Gasteiger charge is 2.37. The predicted octanol–water partition coefficient (Wildman–Crippen LogP) is 3.73. The summed E-state index contributed by atoms with van der Waals surface area (Å²) in [4.78, 5) is 23.7. The Morgan fingerprint density at radius 1 is 1.29 bits per heavy atom. The van der Waals surface area contributed by atoms with Gasteiger partial charge in [0.15, 0.2) is 5.82 Å². The first-order chi connectivity index (χ1) is 13.3. The molecule has 0 fully saturated rings. The van der Waals surface area contributed by atoms with Gasteiger partial charge in [-0.15, -0.1) is 0 Å². The van der Waals surface area contributed by atoms with Gasteiger partial charge in [-0.3, -0.25) is 9.79 Å². The molecule has 0 aliphatic carbocycles. The zero-order valence-corrected chi connectivity index (χ0v) is 16.3. The van der Waals surface area contributed by atoms with Gasteiger partial charge in [-0.05, 0) is 43.2 Å². The van der Waals surface area contributed by atoms with E-state index in [0.29, 0.717) is 41.5 Å². The van der Waals surface area contributed by atoms with E-state index in [0.717, 1.165) is 11.1 Å². The van der Waals surface area contributed by atoms with Crippen LogP contribution in [-0.4, -0.2) is 40.3 Å². The Kier molecular flexibility index (Phi) is 4.25. The van der Waals surface area contributed by atoms with Crippen LogP contribution in [0, 0.1) is 25.1 Å². The number of halogens is 1. The number of hydrogen-bond acceptors (Lipinski definition) is 5. The summed E-state index contributed by atoms with van der Waals surface area (Å²) in [5.41, 5.74) is 3.28. The highest BCUT2D eigenvalue weighted by molar-refractivity contribution is 6.04. The van der Waals surface area contributed by atoms with Crippen molar-refractivity contribution in [1.29, 1.82) is 0 Å². The Bertz CT molecular complexity index is 1060. The van der Waals surface area contributed by atoms with Crippen molar-refractivity contribution in [3.63, 3.8) is 0 Å². The first-order valence-electron chi connectivity index (χ1n) is 9.10. The highest BCUT2D eigenvalue weighted by Crippen LogP contribution is 2.40.